The summed E-state index contributed by atoms with van der Waals surface area (Å²) in [5.74, 6) is 0.732. The molecule has 1 fully saturated rings. The van der Waals surface area contributed by atoms with Crippen molar-refractivity contribution in [3.63, 3.8) is 0 Å². The van der Waals surface area contributed by atoms with E-state index in [1.165, 1.54) is 16.7 Å². The number of nitrogens with one attached hydrogen (secondary N) is 1. The van der Waals surface area contributed by atoms with Gasteiger partial charge in [-0.15, -0.1) is 0 Å². The van der Waals surface area contributed by atoms with Crippen molar-refractivity contribution < 1.29 is 13.2 Å². The Morgan fingerprint density at radius 1 is 1.19 bits per heavy atom. The molecule has 0 unspecified atom stereocenters. The van der Waals surface area contributed by atoms with E-state index in [0.29, 0.717) is 22.4 Å². The molecule has 31 heavy (non-hydrogen) atoms. The fourth-order valence-electron chi connectivity index (χ4n) is 3.42. The molecule has 2 heterocycles. The molecule has 1 atom stereocenters. The molecule has 0 bridgehead atoms. The van der Waals surface area contributed by atoms with Crippen molar-refractivity contribution >= 4 is 61.5 Å². The van der Waals surface area contributed by atoms with E-state index in [4.69, 9.17) is 11.6 Å². The van der Waals surface area contributed by atoms with E-state index in [2.05, 4.69) is 15.3 Å². The van der Waals surface area contributed by atoms with Crippen LogP contribution in [0.25, 0.3) is 10.9 Å². The van der Waals surface area contributed by atoms with Crippen molar-refractivity contribution in [2.75, 3.05) is 29.6 Å². The van der Waals surface area contributed by atoms with Gasteiger partial charge in [-0.25, -0.2) is 18.4 Å². The highest BCUT2D eigenvalue weighted by Gasteiger charge is 2.32. The monoisotopic (exact) mass is 476 g/mol. The molecule has 0 saturated carbocycles. The molecular weight excluding hydrogens is 456 g/mol. The first-order valence-corrected chi connectivity index (χ1v) is 12.9. The number of anilines is 2. The maximum absolute atomic E-state index is 12.6. The van der Waals surface area contributed by atoms with Gasteiger partial charge in [0.1, 0.15) is 5.82 Å². The summed E-state index contributed by atoms with van der Waals surface area (Å²) >= 11 is 7.50. The summed E-state index contributed by atoms with van der Waals surface area (Å²) in [6, 6.07) is 14.7. The number of amides is 1. The molecule has 2 aromatic carbocycles. The van der Waals surface area contributed by atoms with Crippen LogP contribution in [0.15, 0.2) is 53.7 Å². The van der Waals surface area contributed by atoms with Gasteiger partial charge in [0.05, 0.1) is 33.5 Å². The summed E-state index contributed by atoms with van der Waals surface area (Å²) in [5, 5.41) is 5.13. The fourth-order valence-corrected chi connectivity index (χ4v) is 6.15. The number of halogens is 1. The van der Waals surface area contributed by atoms with Gasteiger partial charge in [-0.2, -0.15) is 0 Å². The Labute approximate surface area is 190 Å². The van der Waals surface area contributed by atoms with E-state index in [1.807, 2.05) is 42.5 Å². The molecule has 1 aliphatic heterocycles. The van der Waals surface area contributed by atoms with Gasteiger partial charge in [-0.3, -0.25) is 4.79 Å². The molecule has 0 radical (unpaired) electrons. The van der Waals surface area contributed by atoms with E-state index >= 15 is 0 Å². The minimum atomic E-state index is -3.05. The quantitative estimate of drug-likeness (QED) is 0.427. The standard InChI is InChI=1S/C21H21ClN4O3S2/c1-26(14-10-11-31(28,29)13-14)19(27)12-30-21-24-17-8-4-2-6-15(17)20(25-21)23-18-9-5-3-7-16(18)22/h2-9,14H,10-13H2,1H3,(H,23,24,25)/t14-/m0/s1. The van der Waals surface area contributed by atoms with Crippen LogP contribution < -0.4 is 5.32 Å². The summed E-state index contributed by atoms with van der Waals surface area (Å²) in [4.78, 5) is 23.3. The molecule has 1 aromatic heterocycles. The van der Waals surface area contributed by atoms with Crippen LogP contribution in [0.2, 0.25) is 5.02 Å². The largest absolute Gasteiger partial charge is 0.341 e. The summed E-state index contributed by atoms with van der Waals surface area (Å²) < 4.78 is 23.4. The van der Waals surface area contributed by atoms with Gasteiger partial charge >= 0.3 is 0 Å². The molecule has 0 aliphatic carbocycles. The second-order valence-electron chi connectivity index (χ2n) is 7.33. The predicted molar refractivity (Wildman–Crippen MR) is 125 cm³/mol. The molecule has 0 spiro atoms. The topological polar surface area (TPSA) is 92.3 Å². The second-order valence-corrected chi connectivity index (χ2v) is 10.9. The lowest BCUT2D eigenvalue weighted by Crippen LogP contribution is -2.38. The highest BCUT2D eigenvalue weighted by atomic mass is 35.5. The minimum absolute atomic E-state index is 0.0261. The first-order chi connectivity index (χ1) is 14.8. The number of thioether (sulfide) groups is 1. The molecule has 7 nitrogen and oxygen atoms in total. The summed E-state index contributed by atoms with van der Waals surface area (Å²) in [7, 11) is -1.40. The zero-order valence-electron chi connectivity index (χ0n) is 16.8. The third-order valence-corrected chi connectivity index (χ3v) is 8.10. The number of rotatable bonds is 6. The lowest BCUT2D eigenvalue weighted by atomic mass is 10.2. The zero-order chi connectivity index (χ0) is 22.0. The number of carbonyl (C=O) groups is 1. The van der Waals surface area contributed by atoms with Crippen molar-refractivity contribution in [1.82, 2.24) is 14.9 Å². The van der Waals surface area contributed by atoms with Crippen LogP contribution in [0, 0.1) is 0 Å². The van der Waals surface area contributed by atoms with Gasteiger partial charge in [0, 0.05) is 18.5 Å². The first kappa shape index (κ1) is 21.9. The van der Waals surface area contributed by atoms with E-state index < -0.39 is 9.84 Å². The molecule has 1 aliphatic rings. The lowest BCUT2D eigenvalue weighted by Gasteiger charge is -2.23. The average Bonchev–Trinajstić information content (AvgIpc) is 3.12. The number of hydrogen-bond acceptors (Lipinski definition) is 7. The van der Waals surface area contributed by atoms with Gasteiger partial charge in [0.25, 0.3) is 0 Å². The highest BCUT2D eigenvalue weighted by Crippen LogP contribution is 2.30. The number of benzene rings is 2. The smallest absolute Gasteiger partial charge is 0.233 e. The third kappa shape index (κ3) is 5.11. The number of hydrogen-bond donors (Lipinski definition) is 1. The average molecular weight is 477 g/mol. The van der Waals surface area contributed by atoms with Crippen molar-refractivity contribution in [1.29, 1.82) is 0 Å². The molecular formula is C21H21ClN4O3S2. The number of sulfone groups is 1. The van der Waals surface area contributed by atoms with Crippen molar-refractivity contribution in [2.45, 2.75) is 17.6 Å². The Kier molecular flexibility index (Phi) is 6.36. The number of para-hydroxylation sites is 2. The summed E-state index contributed by atoms with van der Waals surface area (Å²) in [6.45, 7) is 0. The molecule has 4 rings (SSSR count). The first-order valence-electron chi connectivity index (χ1n) is 9.69. The lowest BCUT2D eigenvalue weighted by molar-refractivity contribution is -0.128. The number of fused-ring (bicyclic) bond motifs is 1. The van der Waals surface area contributed by atoms with E-state index in [0.717, 1.165) is 16.6 Å². The molecule has 10 heteroatoms. The Morgan fingerprint density at radius 2 is 1.94 bits per heavy atom. The number of carbonyl (C=O) groups excluding carboxylic acids is 1. The Balaban J connectivity index is 1.53. The SMILES string of the molecule is CN(C(=O)CSc1nc(Nc2ccccc2Cl)c2ccccc2n1)[C@H]1CCS(=O)(=O)C1. The van der Waals surface area contributed by atoms with Crippen molar-refractivity contribution in [2.24, 2.45) is 0 Å². The zero-order valence-corrected chi connectivity index (χ0v) is 19.2. The third-order valence-electron chi connectivity index (χ3n) is 5.18. The van der Waals surface area contributed by atoms with Crippen LogP contribution in [0.4, 0.5) is 11.5 Å². The number of nitrogens with zero attached hydrogens (tertiary/aromatic N) is 3. The minimum Gasteiger partial charge on any atom is -0.341 e. The van der Waals surface area contributed by atoms with E-state index in [1.54, 1.807) is 13.1 Å². The summed E-state index contributed by atoms with van der Waals surface area (Å²) in [6.07, 6.45) is 0.480. The predicted octanol–water partition coefficient (Wildman–Crippen LogP) is 3.76. The molecule has 1 saturated heterocycles. The van der Waals surface area contributed by atoms with E-state index in [9.17, 15) is 13.2 Å². The Morgan fingerprint density at radius 3 is 2.68 bits per heavy atom. The van der Waals surface area contributed by atoms with Crippen LogP contribution in [-0.2, 0) is 14.6 Å². The molecule has 1 amide bonds. The Hall–Kier alpha value is -2.36. The van der Waals surface area contributed by atoms with E-state index in [-0.39, 0.29) is 29.2 Å². The van der Waals surface area contributed by atoms with Crippen LogP contribution in [-0.4, -0.2) is 59.5 Å². The molecule has 3 aromatic rings. The van der Waals surface area contributed by atoms with Crippen LogP contribution in [0.1, 0.15) is 6.42 Å². The van der Waals surface area contributed by atoms with Gasteiger partial charge in [0.2, 0.25) is 5.91 Å². The van der Waals surface area contributed by atoms with Crippen LogP contribution in [0.3, 0.4) is 0 Å². The maximum Gasteiger partial charge on any atom is 0.233 e. The highest BCUT2D eigenvalue weighted by molar-refractivity contribution is 7.99. The van der Waals surface area contributed by atoms with Crippen LogP contribution in [0.5, 0.6) is 0 Å². The Bertz CT molecular complexity index is 1240. The number of aromatic nitrogens is 2. The van der Waals surface area contributed by atoms with Gasteiger partial charge < -0.3 is 10.2 Å². The van der Waals surface area contributed by atoms with Gasteiger partial charge in [-0.1, -0.05) is 47.6 Å². The molecule has 1 N–H and O–H groups in total. The second kappa shape index (κ2) is 9.02. The maximum atomic E-state index is 12.6. The summed E-state index contributed by atoms with van der Waals surface area (Å²) in [5.41, 5.74) is 1.47. The van der Waals surface area contributed by atoms with Crippen molar-refractivity contribution in [3.05, 3.63) is 53.6 Å². The normalized spacial score (nSPS) is 17.5. The fraction of sp³-hybridized carbons (Fsp3) is 0.286. The van der Waals surface area contributed by atoms with Gasteiger partial charge in [-0.05, 0) is 30.7 Å². The van der Waals surface area contributed by atoms with Crippen molar-refractivity contribution in [3.8, 4) is 0 Å². The van der Waals surface area contributed by atoms with Gasteiger partial charge in [0.15, 0.2) is 15.0 Å². The molecule has 162 valence electrons. The van der Waals surface area contributed by atoms with Crippen LogP contribution >= 0.6 is 23.4 Å².